The maximum Gasteiger partial charge on any atom is 0.387 e. The van der Waals surface area contributed by atoms with E-state index in [1.807, 2.05) is 0 Å². The number of rotatable bonds is 8. The fourth-order valence-electron chi connectivity index (χ4n) is 1.76. The fraction of sp³-hybridized carbons (Fsp3) is 0.500. The highest BCUT2D eigenvalue weighted by Gasteiger charge is 2.19. The van der Waals surface area contributed by atoms with Crippen LogP contribution >= 0.6 is 0 Å². The molecule has 4 nitrogen and oxygen atoms in total. The van der Waals surface area contributed by atoms with Crippen molar-refractivity contribution in [1.82, 2.24) is 10.6 Å². The molecule has 0 heterocycles. The second-order valence-electron chi connectivity index (χ2n) is 4.78. The summed E-state index contributed by atoms with van der Waals surface area (Å²) in [5.74, 6) is 0.0924. The highest BCUT2D eigenvalue weighted by Crippen LogP contribution is 2.18. The number of halogens is 2. The fourth-order valence-corrected chi connectivity index (χ4v) is 1.76. The van der Waals surface area contributed by atoms with Crippen LogP contribution in [0.25, 0.3) is 0 Å². The summed E-state index contributed by atoms with van der Waals surface area (Å²) < 4.78 is 28.2. The van der Waals surface area contributed by atoms with E-state index >= 15 is 0 Å². The van der Waals surface area contributed by atoms with E-state index in [0.29, 0.717) is 25.6 Å². The Morgan fingerprint density at radius 2 is 2.00 bits per heavy atom. The van der Waals surface area contributed by atoms with Crippen LogP contribution in [0.3, 0.4) is 0 Å². The van der Waals surface area contributed by atoms with Gasteiger partial charge in [0.2, 0.25) is 5.91 Å². The first-order valence-electron chi connectivity index (χ1n) is 6.67. The second kappa shape index (κ2) is 7.19. The molecule has 0 aromatic heterocycles. The van der Waals surface area contributed by atoms with Crippen molar-refractivity contribution in [2.75, 3.05) is 6.54 Å². The van der Waals surface area contributed by atoms with Crippen LogP contribution in [0.1, 0.15) is 24.8 Å². The summed E-state index contributed by atoms with van der Waals surface area (Å²) in [5.41, 5.74) is 0.843. The molecule has 2 N–H and O–H groups in total. The van der Waals surface area contributed by atoms with Crippen molar-refractivity contribution in [3.05, 3.63) is 29.8 Å². The van der Waals surface area contributed by atoms with Gasteiger partial charge in [-0.1, -0.05) is 12.1 Å². The molecule has 0 radical (unpaired) electrons. The summed E-state index contributed by atoms with van der Waals surface area (Å²) in [5, 5.41) is 6.05. The first-order valence-corrected chi connectivity index (χ1v) is 6.67. The van der Waals surface area contributed by atoms with E-state index in [9.17, 15) is 13.6 Å². The van der Waals surface area contributed by atoms with Gasteiger partial charge < -0.3 is 15.4 Å². The maximum atomic E-state index is 12.0. The summed E-state index contributed by atoms with van der Waals surface area (Å²) >= 11 is 0. The third-order valence-electron chi connectivity index (χ3n) is 3.00. The van der Waals surface area contributed by atoms with Crippen molar-refractivity contribution in [2.45, 2.75) is 38.5 Å². The number of nitrogens with one attached hydrogen (secondary N) is 2. The highest BCUT2D eigenvalue weighted by atomic mass is 19.3. The van der Waals surface area contributed by atoms with Crippen LogP contribution in [-0.4, -0.2) is 25.1 Å². The Labute approximate surface area is 116 Å². The molecule has 110 valence electrons. The number of amides is 1. The van der Waals surface area contributed by atoms with Gasteiger partial charge in [0.15, 0.2) is 0 Å². The molecule has 6 heteroatoms. The Balaban J connectivity index is 1.65. The Kier molecular flexibility index (Phi) is 5.29. The zero-order valence-corrected chi connectivity index (χ0v) is 11.1. The van der Waals surface area contributed by atoms with Gasteiger partial charge in [-0.15, -0.1) is 0 Å². The molecule has 0 spiro atoms. The third kappa shape index (κ3) is 5.52. The van der Waals surface area contributed by atoms with Gasteiger partial charge in [-0.05, 0) is 30.5 Å². The summed E-state index contributed by atoms with van der Waals surface area (Å²) in [6, 6.07) is 6.83. The Morgan fingerprint density at radius 3 is 2.60 bits per heavy atom. The third-order valence-corrected chi connectivity index (χ3v) is 3.00. The lowest BCUT2D eigenvalue weighted by Crippen LogP contribution is -2.28. The second-order valence-corrected chi connectivity index (χ2v) is 4.78. The van der Waals surface area contributed by atoms with Gasteiger partial charge in [-0.3, -0.25) is 4.79 Å². The molecule has 0 aliphatic heterocycles. The van der Waals surface area contributed by atoms with Crippen LogP contribution in [0.15, 0.2) is 24.3 Å². The SMILES string of the molecule is O=C(CCNC1CC1)NCc1ccc(OC(F)F)cc1. The summed E-state index contributed by atoms with van der Waals surface area (Å²) in [7, 11) is 0. The number of hydrogen-bond acceptors (Lipinski definition) is 3. The minimum Gasteiger partial charge on any atom is -0.435 e. The van der Waals surface area contributed by atoms with Gasteiger partial charge in [-0.25, -0.2) is 0 Å². The molecular formula is C14H18F2N2O2. The van der Waals surface area contributed by atoms with E-state index in [0.717, 1.165) is 5.56 Å². The molecule has 2 rings (SSSR count). The molecule has 1 amide bonds. The molecular weight excluding hydrogens is 266 g/mol. The molecule has 1 aliphatic carbocycles. The van der Waals surface area contributed by atoms with Gasteiger partial charge >= 0.3 is 6.61 Å². The van der Waals surface area contributed by atoms with Crippen molar-refractivity contribution >= 4 is 5.91 Å². The van der Waals surface area contributed by atoms with Gasteiger partial charge in [-0.2, -0.15) is 8.78 Å². The molecule has 20 heavy (non-hydrogen) atoms. The van der Waals surface area contributed by atoms with Crippen molar-refractivity contribution < 1.29 is 18.3 Å². The zero-order chi connectivity index (χ0) is 14.4. The molecule has 0 atom stereocenters. The molecule has 1 fully saturated rings. The summed E-state index contributed by atoms with van der Waals surface area (Å²) in [6.07, 6.45) is 2.85. The minimum atomic E-state index is -2.82. The van der Waals surface area contributed by atoms with E-state index < -0.39 is 6.61 Å². The molecule has 1 aromatic rings. The lowest BCUT2D eigenvalue weighted by molar-refractivity contribution is -0.121. The predicted molar refractivity (Wildman–Crippen MR) is 70.6 cm³/mol. The summed E-state index contributed by atoms with van der Waals surface area (Å²) in [6.45, 7) is -1.74. The first-order chi connectivity index (χ1) is 9.63. The lowest BCUT2D eigenvalue weighted by atomic mass is 10.2. The topological polar surface area (TPSA) is 50.4 Å². The Bertz CT molecular complexity index is 433. The number of hydrogen-bond donors (Lipinski definition) is 2. The van der Waals surface area contributed by atoms with E-state index in [-0.39, 0.29) is 11.7 Å². The van der Waals surface area contributed by atoms with Crippen LogP contribution < -0.4 is 15.4 Å². The van der Waals surface area contributed by atoms with Crippen molar-refractivity contribution in [3.8, 4) is 5.75 Å². The monoisotopic (exact) mass is 284 g/mol. The molecule has 1 saturated carbocycles. The number of benzene rings is 1. The first kappa shape index (κ1) is 14.7. The van der Waals surface area contributed by atoms with Crippen LogP contribution in [0, 0.1) is 0 Å². The smallest absolute Gasteiger partial charge is 0.387 e. The number of carbonyl (C=O) groups is 1. The largest absolute Gasteiger partial charge is 0.435 e. The molecule has 0 bridgehead atoms. The quantitative estimate of drug-likeness (QED) is 0.768. The zero-order valence-electron chi connectivity index (χ0n) is 11.1. The van der Waals surface area contributed by atoms with Crippen LogP contribution in [0.2, 0.25) is 0 Å². The number of carbonyl (C=O) groups excluding carboxylic acids is 1. The van der Waals surface area contributed by atoms with Crippen molar-refractivity contribution in [1.29, 1.82) is 0 Å². The van der Waals surface area contributed by atoms with Crippen molar-refractivity contribution in [2.24, 2.45) is 0 Å². The molecule has 0 unspecified atom stereocenters. The lowest BCUT2D eigenvalue weighted by Gasteiger charge is -2.08. The summed E-state index contributed by atoms with van der Waals surface area (Å²) in [4.78, 5) is 11.6. The average molecular weight is 284 g/mol. The number of ether oxygens (including phenoxy) is 1. The normalized spacial score (nSPS) is 14.3. The van der Waals surface area contributed by atoms with Crippen molar-refractivity contribution in [3.63, 3.8) is 0 Å². The Morgan fingerprint density at radius 1 is 1.30 bits per heavy atom. The standard InChI is InChI=1S/C14H18F2N2O2/c15-14(16)20-12-5-1-10(2-6-12)9-18-13(19)7-8-17-11-3-4-11/h1-2,5-6,11,14,17H,3-4,7-9H2,(H,18,19). The highest BCUT2D eigenvalue weighted by molar-refractivity contribution is 5.76. The van der Waals surface area contributed by atoms with Gasteiger partial charge in [0.25, 0.3) is 0 Å². The van der Waals surface area contributed by atoms with Crippen LogP contribution in [0.4, 0.5) is 8.78 Å². The van der Waals surface area contributed by atoms with Crippen LogP contribution in [-0.2, 0) is 11.3 Å². The Hall–Kier alpha value is -1.69. The van der Waals surface area contributed by atoms with Gasteiger partial charge in [0, 0.05) is 25.6 Å². The molecule has 0 saturated heterocycles. The van der Waals surface area contributed by atoms with E-state index in [1.165, 1.54) is 25.0 Å². The average Bonchev–Trinajstić information content (AvgIpc) is 3.21. The van der Waals surface area contributed by atoms with E-state index in [1.54, 1.807) is 12.1 Å². The van der Waals surface area contributed by atoms with Gasteiger partial charge in [0.05, 0.1) is 0 Å². The van der Waals surface area contributed by atoms with E-state index in [4.69, 9.17) is 0 Å². The maximum absolute atomic E-state index is 12.0. The van der Waals surface area contributed by atoms with Crippen LogP contribution in [0.5, 0.6) is 5.75 Å². The van der Waals surface area contributed by atoms with E-state index in [2.05, 4.69) is 15.4 Å². The molecule has 1 aliphatic rings. The molecule has 1 aromatic carbocycles. The number of alkyl halides is 2. The minimum absolute atomic E-state index is 0.0222. The van der Waals surface area contributed by atoms with Gasteiger partial charge in [0.1, 0.15) is 5.75 Å². The predicted octanol–water partition coefficient (Wildman–Crippen LogP) is 2.05.